The van der Waals surface area contributed by atoms with E-state index in [-0.39, 0.29) is 10.8 Å². The lowest BCUT2D eigenvalue weighted by molar-refractivity contribution is 0.257. The van der Waals surface area contributed by atoms with Crippen LogP contribution in [-0.4, -0.2) is 16.5 Å². The van der Waals surface area contributed by atoms with E-state index < -0.39 is 0 Å². The van der Waals surface area contributed by atoms with Gasteiger partial charge in [-0.15, -0.1) is 0 Å². The first-order valence-corrected chi connectivity index (χ1v) is 4.14. The smallest absolute Gasteiger partial charge is 0.279 e. The predicted molar refractivity (Wildman–Crippen MR) is 44.2 cm³/mol. The minimum Gasteiger partial charge on any atom is -0.337 e. The second-order valence-corrected chi connectivity index (χ2v) is 3.76. The van der Waals surface area contributed by atoms with Gasteiger partial charge in [-0.05, 0) is 13.8 Å². The second kappa shape index (κ2) is 2.31. The van der Waals surface area contributed by atoms with Crippen LogP contribution >= 0.6 is 11.8 Å². The van der Waals surface area contributed by atoms with E-state index in [1.807, 2.05) is 13.8 Å². The van der Waals surface area contributed by atoms with Crippen LogP contribution < -0.4 is 5.32 Å². The van der Waals surface area contributed by atoms with Crippen molar-refractivity contribution in [2.75, 3.05) is 5.75 Å². The molecule has 0 aromatic heterocycles. The average Bonchev–Trinajstić information content (AvgIpc) is 2.13. The minimum atomic E-state index is -0.165. The van der Waals surface area contributed by atoms with E-state index in [1.54, 1.807) is 0 Å². The SMILES string of the molecule is C=C(C)C1(C)CSC(=O)N1. The Hall–Kier alpha value is -0.440. The van der Waals surface area contributed by atoms with Gasteiger partial charge in [0.1, 0.15) is 0 Å². The summed E-state index contributed by atoms with van der Waals surface area (Å²) in [4.78, 5) is 10.8. The van der Waals surface area contributed by atoms with Crippen molar-refractivity contribution >= 4 is 17.0 Å². The van der Waals surface area contributed by atoms with E-state index in [4.69, 9.17) is 0 Å². The number of thioether (sulfide) groups is 1. The third kappa shape index (κ3) is 1.19. The molecule has 1 amide bonds. The van der Waals surface area contributed by atoms with Gasteiger partial charge in [-0.3, -0.25) is 4.79 Å². The van der Waals surface area contributed by atoms with Crippen LogP contribution in [0.25, 0.3) is 0 Å². The fraction of sp³-hybridized carbons (Fsp3) is 0.571. The van der Waals surface area contributed by atoms with Gasteiger partial charge < -0.3 is 5.32 Å². The molecular formula is C7H11NOS. The summed E-state index contributed by atoms with van der Waals surface area (Å²) in [6.07, 6.45) is 0. The largest absolute Gasteiger partial charge is 0.337 e. The van der Waals surface area contributed by atoms with Crippen molar-refractivity contribution in [1.82, 2.24) is 5.32 Å². The highest BCUT2D eigenvalue weighted by molar-refractivity contribution is 8.14. The molecule has 0 aliphatic carbocycles. The molecule has 0 radical (unpaired) electrons. The molecule has 0 aromatic carbocycles. The molecule has 10 heavy (non-hydrogen) atoms. The fourth-order valence-corrected chi connectivity index (χ4v) is 1.77. The Morgan fingerprint density at radius 1 is 1.90 bits per heavy atom. The van der Waals surface area contributed by atoms with Gasteiger partial charge >= 0.3 is 0 Å². The zero-order valence-electron chi connectivity index (χ0n) is 6.23. The quantitative estimate of drug-likeness (QED) is 0.588. The van der Waals surface area contributed by atoms with Crippen LogP contribution in [0.4, 0.5) is 4.79 Å². The Morgan fingerprint density at radius 2 is 2.50 bits per heavy atom. The standard InChI is InChI=1S/C7H11NOS/c1-5(2)7(3)4-10-6(9)8-7/h1,4H2,2-3H3,(H,8,9). The molecule has 1 unspecified atom stereocenters. The number of rotatable bonds is 1. The first-order chi connectivity index (χ1) is 4.54. The maximum atomic E-state index is 10.8. The highest BCUT2D eigenvalue weighted by atomic mass is 32.2. The number of hydrogen-bond donors (Lipinski definition) is 1. The molecule has 1 N–H and O–H groups in total. The van der Waals surface area contributed by atoms with E-state index in [0.717, 1.165) is 11.3 Å². The number of carbonyl (C=O) groups is 1. The Bertz CT molecular complexity index is 190. The molecule has 1 rings (SSSR count). The van der Waals surface area contributed by atoms with E-state index in [2.05, 4.69) is 11.9 Å². The first kappa shape index (κ1) is 7.66. The normalized spacial score (nSPS) is 32.0. The summed E-state index contributed by atoms with van der Waals surface area (Å²) >= 11 is 1.32. The Balaban J connectivity index is 2.72. The van der Waals surface area contributed by atoms with Gasteiger partial charge in [0, 0.05) is 5.75 Å². The fourth-order valence-electron chi connectivity index (χ4n) is 0.737. The molecule has 2 nitrogen and oxygen atoms in total. The summed E-state index contributed by atoms with van der Waals surface area (Å²) in [6, 6.07) is 0. The molecule has 1 fully saturated rings. The summed E-state index contributed by atoms with van der Waals surface area (Å²) in [5.41, 5.74) is 0.854. The molecule has 1 atom stereocenters. The molecule has 1 heterocycles. The predicted octanol–water partition coefficient (Wildman–Crippen LogP) is 1.78. The summed E-state index contributed by atoms with van der Waals surface area (Å²) in [6.45, 7) is 7.75. The Labute approximate surface area is 65.1 Å². The molecule has 1 aliphatic heterocycles. The van der Waals surface area contributed by atoms with Crippen LogP contribution in [0.5, 0.6) is 0 Å². The van der Waals surface area contributed by atoms with Gasteiger partial charge in [-0.1, -0.05) is 23.9 Å². The summed E-state index contributed by atoms with van der Waals surface area (Å²) < 4.78 is 0. The third-order valence-electron chi connectivity index (χ3n) is 1.81. The van der Waals surface area contributed by atoms with Crippen molar-refractivity contribution in [3.8, 4) is 0 Å². The van der Waals surface area contributed by atoms with Crippen molar-refractivity contribution in [3.63, 3.8) is 0 Å². The molecule has 3 heteroatoms. The molecular weight excluding hydrogens is 146 g/mol. The van der Waals surface area contributed by atoms with Gasteiger partial charge in [0.2, 0.25) is 0 Å². The summed E-state index contributed by atoms with van der Waals surface area (Å²) in [5.74, 6) is 0.807. The lowest BCUT2D eigenvalue weighted by atomic mass is 9.97. The van der Waals surface area contributed by atoms with Gasteiger partial charge in [0.25, 0.3) is 5.24 Å². The molecule has 1 aliphatic rings. The molecule has 0 aromatic rings. The van der Waals surface area contributed by atoms with Gasteiger partial charge in [0.15, 0.2) is 0 Å². The molecule has 0 saturated carbocycles. The van der Waals surface area contributed by atoms with Crippen molar-refractivity contribution < 1.29 is 4.79 Å². The molecule has 56 valence electrons. The zero-order chi connectivity index (χ0) is 7.78. The van der Waals surface area contributed by atoms with Crippen LogP contribution in [0.1, 0.15) is 13.8 Å². The van der Waals surface area contributed by atoms with Crippen LogP contribution in [0.2, 0.25) is 0 Å². The lowest BCUT2D eigenvalue weighted by Crippen LogP contribution is -2.40. The van der Waals surface area contributed by atoms with Crippen LogP contribution in [0, 0.1) is 0 Å². The third-order valence-corrected chi connectivity index (χ3v) is 2.90. The Kier molecular flexibility index (Phi) is 1.77. The summed E-state index contributed by atoms with van der Waals surface area (Å²) in [5, 5.41) is 2.91. The van der Waals surface area contributed by atoms with E-state index >= 15 is 0 Å². The van der Waals surface area contributed by atoms with E-state index in [0.29, 0.717) is 0 Å². The Morgan fingerprint density at radius 3 is 2.70 bits per heavy atom. The minimum absolute atomic E-state index is 0.0606. The molecule has 0 bridgehead atoms. The van der Waals surface area contributed by atoms with E-state index in [9.17, 15) is 4.79 Å². The van der Waals surface area contributed by atoms with E-state index in [1.165, 1.54) is 11.8 Å². The van der Waals surface area contributed by atoms with Gasteiger partial charge in [0.05, 0.1) is 5.54 Å². The highest BCUT2D eigenvalue weighted by Gasteiger charge is 2.34. The van der Waals surface area contributed by atoms with Gasteiger partial charge in [-0.2, -0.15) is 0 Å². The maximum Gasteiger partial charge on any atom is 0.279 e. The van der Waals surface area contributed by atoms with Crippen LogP contribution in [0.3, 0.4) is 0 Å². The number of hydrogen-bond acceptors (Lipinski definition) is 2. The molecule has 0 spiro atoms. The van der Waals surface area contributed by atoms with Crippen LogP contribution in [0.15, 0.2) is 12.2 Å². The van der Waals surface area contributed by atoms with Crippen molar-refractivity contribution in [2.45, 2.75) is 19.4 Å². The number of nitrogens with one attached hydrogen (secondary N) is 1. The summed E-state index contributed by atoms with van der Waals surface area (Å²) in [7, 11) is 0. The first-order valence-electron chi connectivity index (χ1n) is 3.15. The topological polar surface area (TPSA) is 29.1 Å². The van der Waals surface area contributed by atoms with Gasteiger partial charge in [-0.25, -0.2) is 0 Å². The lowest BCUT2D eigenvalue weighted by Gasteiger charge is -2.22. The maximum absolute atomic E-state index is 10.8. The second-order valence-electron chi connectivity index (χ2n) is 2.81. The number of carbonyl (C=O) groups excluding carboxylic acids is 1. The van der Waals surface area contributed by atoms with Crippen molar-refractivity contribution in [3.05, 3.63) is 12.2 Å². The van der Waals surface area contributed by atoms with Crippen molar-refractivity contribution in [1.29, 1.82) is 0 Å². The van der Waals surface area contributed by atoms with Crippen LogP contribution in [-0.2, 0) is 0 Å². The highest BCUT2D eigenvalue weighted by Crippen LogP contribution is 2.27. The monoisotopic (exact) mass is 157 g/mol. The zero-order valence-corrected chi connectivity index (χ0v) is 7.05. The molecule has 1 saturated heterocycles. The average molecular weight is 157 g/mol. The number of amides is 1. The van der Waals surface area contributed by atoms with Crippen molar-refractivity contribution in [2.24, 2.45) is 0 Å².